The van der Waals surface area contributed by atoms with Crippen molar-refractivity contribution in [1.82, 2.24) is 20.2 Å². The van der Waals surface area contributed by atoms with Crippen LogP contribution in [0.3, 0.4) is 0 Å². The zero-order valence-corrected chi connectivity index (χ0v) is 11.2. The fourth-order valence-electron chi connectivity index (χ4n) is 1.58. The van der Waals surface area contributed by atoms with E-state index in [0.717, 1.165) is 0 Å². The third-order valence-electron chi connectivity index (χ3n) is 2.53. The van der Waals surface area contributed by atoms with Gasteiger partial charge in [0.15, 0.2) is 5.82 Å². The van der Waals surface area contributed by atoms with Crippen LogP contribution in [0.1, 0.15) is 11.5 Å². The van der Waals surface area contributed by atoms with Gasteiger partial charge >= 0.3 is 5.97 Å². The number of anilines is 1. The first-order valence-electron chi connectivity index (χ1n) is 6.04. The number of aliphatic carboxylic acids is 1. The van der Waals surface area contributed by atoms with Crippen LogP contribution in [-0.2, 0) is 22.6 Å². The molecule has 0 spiro atoms. The first-order chi connectivity index (χ1) is 9.94. The minimum absolute atomic E-state index is 0.0411. The van der Waals surface area contributed by atoms with Crippen molar-refractivity contribution in [3.8, 4) is 0 Å². The van der Waals surface area contributed by atoms with E-state index in [2.05, 4.69) is 20.8 Å². The van der Waals surface area contributed by atoms with Crippen molar-refractivity contribution >= 4 is 17.7 Å². The molecule has 112 valence electrons. The molecule has 2 aromatic heterocycles. The summed E-state index contributed by atoms with van der Waals surface area (Å²) >= 11 is 0. The van der Waals surface area contributed by atoms with E-state index >= 15 is 0 Å². The van der Waals surface area contributed by atoms with Crippen molar-refractivity contribution < 1.29 is 19.2 Å². The molecular weight excluding hydrogens is 280 g/mol. The van der Waals surface area contributed by atoms with Gasteiger partial charge in [0.25, 0.3) is 0 Å². The fourth-order valence-corrected chi connectivity index (χ4v) is 1.58. The third-order valence-corrected chi connectivity index (χ3v) is 2.53. The lowest BCUT2D eigenvalue weighted by Gasteiger charge is -2.02. The van der Waals surface area contributed by atoms with Crippen LogP contribution in [0.4, 0.5) is 5.82 Å². The maximum Gasteiger partial charge on any atom is 0.320 e. The van der Waals surface area contributed by atoms with Crippen molar-refractivity contribution in [2.45, 2.75) is 25.9 Å². The molecule has 2 heterocycles. The van der Waals surface area contributed by atoms with E-state index in [9.17, 15) is 9.59 Å². The Hall–Kier alpha value is -2.75. The van der Waals surface area contributed by atoms with E-state index in [1.807, 2.05) is 0 Å². The van der Waals surface area contributed by atoms with Gasteiger partial charge in [0, 0.05) is 18.7 Å². The number of carbonyl (C=O) groups is 2. The number of nitrogens with one attached hydrogen (secondary N) is 1. The second kappa shape index (κ2) is 6.13. The molecular formula is C11H14N6O4. The van der Waals surface area contributed by atoms with Crippen LogP contribution < -0.4 is 11.1 Å². The van der Waals surface area contributed by atoms with Gasteiger partial charge in [-0.25, -0.2) is 4.68 Å². The summed E-state index contributed by atoms with van der Waals surface area (Å²) in [6, 6.07) is 0.526. The average Bonchev–Trinajstić information content (AvgIpc) is 2.99. The summed E-state index contributed by atoms with van der Waals surface area (Å²) in [5.41, 5.74) is 5.79. The summed E-state index contributed by atoms with van der Waals surface area (Å²) in [6.45, 7) is 1.62. The van der Waals surface area contributed by atoms with E-state index in [4.69, 9.17) is 15.4 Å². The topological polar surface area (TPSA) is 149 Å². The predicted octanol–water partition coefficient (Wildman–Crippen LogP) is -0.832. The molecule has 2 rings (SSSR count). The lowest BCUT2D eigenvalue weighted by atomic mass is 10.2. The molecule has 21 heavy (non-hydrogen) atoms. The summed E-state index contributed by atoms with van der Waals surface area (Å²) in [5, 5.41) is 22.3. The third kappa shape index (κ3) is 4.11. The lowest BCUT2D eigenvalue weighted by molar-refractivity contribution is -0.138. The number of amides is 1. The Morgan fingerprint density at radius 2 is 2.33 bits per heavy atom. The van der Waals surface area contributed by atoms with Crippen LogP contribution in [-0.4, -0.2) is 43.2 Å². The number of carboxylic acids is 1. The highest BCUT2D eigenvalue weighted by atomic mass is 16.5. The van der Waals surface area contributed by atoms with Gasteiger partial charge < -0.3 is 20.7 Å². The fraction of sp³-hybridized carbons (Fsp3) is 0.364. The Morgan fingerprint density at radius 3 is 2.95 bits per heavy atom. The van der Waals surface area contributed by atoms with E-state index in [1.165, 1.54) is 10.9 Å². The maximum atomic E-state index is 11.7. The number of nitrogens with two attached hydrogens (primary N) is 1. The Labute approximate surface area is 118 Å². The van der Waals surface area contributed by atoms with Crippen LogP contribution in [0, 0.1) is 6.92 Å². The standard InChI is InChI=1S/C11H14N6O4/c1-6-2-9(15-21-6)13-10(18)5-17-4-7(14-16-17)3-8(12)11(19)20/h2,4,8H,3,5,12H2,1H3,(H,19,20)(H,13,15,18). The molecule has 1 unspecified atom stereocenters. The monoisotopic (exact) mass is 294 g/mol. The van der Waals surface area contributed by atoms with Crippen LogP contribution in [0.2, 0.25) is 0 Å². The molecule has 1 amide bonds. The molecule has 10 heteroatoms. The number of rotatable bonds is 6. The number of hydrogen-bond acceptors (Lipinski definition) is 7. The first kappa shape index (κ1) is 14.7. The van der Waals surface area contributed by atoms with Gasteiger partial charge in [0.1, 0.15) is 18.3 Å². The molecule has 0 radical (unpaired) electrons. The van der Waals surface area contributed by atoms with Gasteiger partial charge in [-0.15, -0.1) is 5.10 Å². The van der Waals surface area contributed by atoms with Crippen LogP contribution >= 0.6 is 0 Å². The summed E-state index contributed by atoms with van der Waals surface area (Å²) < 4.78 is 6.10. The Morgan fingerprint density at radius 1 is 1.57 bits per heavy atom. The summed E-state index contributed by atoms with van der Waals surface area (Å²) in [7, 11) is 0. The van der Waals surface area contributed by atoms with Crippen LogP contribution in [0.25, 0.3) is 0 Å². The molecule has 0 saturated heterocycles. The number of hydrogen-bond donors (Lipinski definition) is 3. The minimum atomic E-state index is -1.12. The van der Waals surface area contributed by atoms with E-state index in [-0.39, 0.29) is 18.9 Å². The van der Waals surface area contributed by atoms with Crippen molar-refractivity contribution in [2.75, 3.05) is 5.32 Å². The number of aromatic nitrogens is 4. The Balaban J connectivity index is 1.90. The van der Waals surface area contributed by atoms with Crippen molar-refractivity contribution in [1.29, 1.82) is 0 Å². The summed E-state index contributed by atoms with van der Waals surface area (Å²) in [5.74, 6) is -0.590. The van der Waals surface area contributed by atoms with Gasteiger partial charge in [-0.3, -0.25) is 9.59 Å². The zero-order valence-electron chi connectivity index (χ0n) is 11.2. The number of carboxylic acid groups (broad SMARTS) is 1. The van der Waals surface area contributed by atoms with E-state index < -0.39 is 12.0 Å². The van der Waals surface area contributed by atoms with Gasteiger partial charge in [0.2, 0.25) is 5.91 Å². The molecule has 4 N–H and O–H groups in total. The van der Waals surface area contributed by atoms with Gasteiger partial charge in [-0.1, -0.05) is 10.4 Å². The van der Waals surface area contributed by atoms with Gasteiger partial charge in [-0.2, -0.15) is 0 Å². The molecule has 0 saturated carbocycles. The highest BCUT2D eigenvalue weighted by Gasteiger charge is 2.15. The quantitative estimate of drug-likeness (QED) is 0.624. The predicted molar refractivity (Wildman–Crippen MR) is 69.2 cm³/mol. The highest BCUT2D eigenvalue weighted by molar-refractivity contribution is 5.89. The van der Waals surface area contributed by atoms with Crippen LogP contribution in [0.5, 0.6) is 0 Å². The molecule has 10 nitrogen and oxygen atoms in total. The Bertz CT molecular complexity index is 649. The highest BCUT2D eigenvalue weighted by Crippen LogP contribution is 2.07. The number of carbonyl (C=O) groups excluding carboxylic acids is 1. The summed E-state index contributed by atoms with van der Waals surface area (Å²) in [6.07, 6.45) is 1.51. The van der Waals surface area contributed by atoms with Crippen molar-refractivity contribution in [2.24, 2.45) is 5.73 Å². The molecule has 0 aliphatic carbocycles. The lowest BCUT2D eigenvalue weighted by Crippen LogP contribution is -2.32. The molecule has 0 bridgehead atoms. The normalized spacial score (nSPS) is 12.1. The average molecular weight is 294 g/mol. The van der Waals surface area contributed by atoms with Crippen molar-refractivity contribution in [3.05, 3.63) is 23.7 Å². The SMILES string of the molecule is Cc1cc(NC(=O)Cn2cc(CC(N)C(=O)O)nn2)no1. The largest absolute Gasteiger partial charge is 0.480 e. The molecule has 0 aliphatic rings. The first-order valence-corrected chi connectivity index (χ1v) is 6.04. The summed E-state index contributed by atoms with van der Waals surface area (Å²) in [4.78, 5) is 22.4. The second-order valence-corrected chi connectivity index (χ2v) is 4.43. The van der Waals surface area contributed by atoms with Crippen molar-refractivity contribution in [3.63, 3.8) is 0 Å². The van der Waals surface area contributed by atoms with Crippen LogP contribution in [0.15, 0.2) is 16.8 Å². The number of aryl methyl sites for hydroxylation is 1. The van der Waals surface area contributed by atoms with E-state index in [0.29, 0.717) is 17.3 Å². The molecule has 1 atom stereocenters. The Kier molecular flexibility index (Phi) is 4.28. The minimum Gasteiger partial charge on any atom is -0.480 e. The number of nitrogens with zero attached hydrogens (tertiary/aromatic N) is 4. The van der Waals surface area contributed by atoms with E-state index in [1.54, 1.807) is 13.0 Å². The second-order valence-electron chi connectivity index (χ2n) is 4.43. The smallest absolute Gasteiger partial charge is 0.320 e. The molecule has 0 aliphatic heterocycles. The maximum absolute atomic E-state index is 11.7. The van der Waals surface area contributed by atoms with Gasteiger partial charge in [0.05, 0.1) is 5.69 Å². The molecule has 0 fully saturated rings. The zero-order chi connectivity index (χ0) is 15.4. The molecule has 2 aromatic rings. The molecule has 0 aromatic carbocycles. The van der Waals surface area contributed by atoms with Gasteiger partial charge in [-0.05, 0) is 6.92 Å².